The molecule has 0 aromatic heterocycles. The molecule has 1 atom stereocenters. The zero-order valence-electron chi connectivity index (χ0n) is 9.58. The lowest BCUT2D eigenvalue weighted by Gasteiger charge is -2.09. The summed E-state index contributed by atoms with van der Waals surface area (Å²) in [5.74, 6) is 0. The minimum absolute atomic E-state index is 0.166. The molecule has 0 heterocycles. The highest BCUT2D eigenvalue weighted by molar-refractivity contribution is 5.90. The van der Waals surface area contributed by atoms with Gasteiger partial charge in [-0.1, -0.05) is 19.9 Å². The van der Waals surface area contributed by atoms with Gasteiger partial charge in [0.2, 0.25) is 0 Å². The number of nitrogen functional groups attached to an aromatic ring is 1. The van der Waals surface area contributed by atoms with E-state index < -0.39 is 0 Å². The molecule has 2 rings (SSSR count). The van der Waals surface area contributed by atoms with Crippen LogP contribution in [0.5, 0.6) is 0 Å². The first-order valence-corrected chi connectivity index (χ1v) is 5.40. The number of nitrogens with one attached hydrogen (secondary N) is 2. The number of carbonyl (C=O) groups is 1. The van der Waals surface area contributed by atoms with Crippen LogP contribution < -0.4 is 16.4 Å². The van der Waals surface area contributed by atoms with Crippen LogP contribution in [0.4, 0.5) is 16.2 Å². The minimum Gasteiger partial charge on any atom is -0.399 e. The summed E-state index contributed by atoms with van der Waals surface area (Å²) >= 11 is 0. The Hall–Kier alpha value is -1.71. The summed E-state index contributed by atoms with van der Waals surface area (Å²) in [6.45, 7) is 4.27. The standard InChI is InChI=1S/C12H17N3O/c1-12(2)7-10(12)15-11(16)14-9-5-3-4-8(13)6-9/h3-6,10H,7,13H2,1-2H3,(H2,14,15,16). The molecule has 4 N–H and O–H groups in total. The Morgan fingerprint density at radius 3 is 2.75 bits per heavy atom. The highest BCUT2D eigenvalue weighted by Crippen LogP contribution is 2.44. The maximum Gasteiger partial charge on any atom is 0.319 e. The van der Waals surface area contributed by atoms with Crippen LogP contribution in [-0.2, 0) is 0 Å². The fourth-order valence-corrected chi connectivity index (χ4v) is 1.66. The lowest BCUT2D eigenvalue weighted by molar-refractivity contribution is 0.250. The first-order chi connectivity index (χ1) is 7.47. The van der Waals surface area contributed by atoms with Crippen LogP contribution in [0.2, 0.25) is 0 Å². The largest absolute Gasteiger partial charge is 0.399 e. The molecule has 4 nitrogen and oxygen atoms in total. The maximum atomic E-state index is 11.6. The third-order valence-corrected chi connectivity index (χ3v) is 2.96. The van der Waals surface area contributed by atoms with Crippen LogP contribution in [0.1, 0.15) is 20.3 Å². The molecule has 1 fully saturated rings. The number of nitrogens with two attached hydrogens (primary N) is 1. The number of carbonyl (C=O) groups excluding carboxylic acids is 1. The first kappa shape index (κ1) is 10.8. The second-order valence-electron chi connectivity index (χ2n) is 4.97. The molecule has 0 aliphatic heterocycles. The minimum atomic E-state index is -0.166. The SMILES string of the molecule is CC1(C)CC1NC(=O)Nc1cccc(N)c1. The number of urea groups is 1. The van der Waals surface area contributed by atoms with Gasteiger partial charge in [0.1, 0.15) is 0 Å². The van der Waals surface area contributed by atoms with Crippen molar-refractivity contribution in [2.45, 2.75) is 26.3 Å². The van der Waals surface area contributed by atoms with E-state index >= 15 is 0 Å². The topological polar surface area (TPSA) is 67.2 Å². The van der Waals surface area contributed by atoms with Gasteiger partial charge < -0.3 is 16.4 Å². The molecule has 0 saturated heterocycles. The molecule has 0 spiro atoms. The second kappa shape index (κ2) is 3.70. The van der Waals surface area contributed by atoms with Gasteiger partial charge in [-0.25, -0.2) is 4.79 Å². The fraction of sp³-hybridized carbons (Fsp3) is 0.417. The number of benzene rings is 1. The molecule has 0 bridgehead atoms. The molecule has 0 radical (unpaired) electrons. The van der Waals surface area contributed by atoms with Gasteiger partial charge in [-0.2, -0.15) is 0 Å². The summed E-state index contributed by atoms with van der Waals surface area (Å²) in [7, 11) is 0. The highest BCUT2D eigenvalue weighted by Gasteiger charge is 2.46. The summed E-state index contributed by atoms with van der Waals surface area (Å²) in [5.41, 5.74) is 7.22. The van der Waals surface area contributed by atoms with E-state index in [9.17, 15) is 4.79 Å². The summed E-state index contributed by atoms with van der Waals surface area (Å²) in [6.07, 6.45) is 1.04. The van der Waals surface area contributed by atoms with E-state index in [-0.39, 0.29) is 17.5 Å². The van der Waals surface area contributed by atoms with E-state index in [0.29, 0.717) is 5.69 Å². The zero-order chi connectivity index (χ0) is 11.8. The smallest absolute Gasteiger partial charge is 0.319 e. The van der Waals surface area contributed by atoms with Gasteiger partial charge in [0, 0.05) is 17.4 Å². The number of amides is 2. The Kier molecular flexibility index (Phi) is 2.50. The molecule has 1 saturated carbocycles. The van der Waals surface area contributed by atoms with E-state index in [4.69, 9.17) is 5.73 Å². The van der Waals surface area contributed by atoms with Crippen molar-refractivity contribution >= 4 is 17.4 Å². The van der Waals surface area contributed by atoms with E-state index in [1.807, 2.05) is 12.1 Å². The molecule has 1 aromatic carbocycles. The molecule has 2 amide bonds. The van der Waals surface area contributed by atoms with E-state index in [2.05, 4.69) is 24.5 Å². The van der Waals surface area contributed by atoms with Gasteiger partial charge in [0.15, 0.2) is 0 Å². The Morgan fingerprint density at radius 2 is 2.19 bits per heavy atom. The van der Waals surface area contributed by atoms with Crippen molar-refractivity contribution in [3.05, 3.63) is 24.3 Å². The number of hydrogen-bond donors (Lipinski definition) is 3. The molecule has 1 unspecified atom stereocenters. The van der Waals surface area contributed by atoms with Gasteiger partial charge >= 0.3 is 6.03 Å². The summed E-state index contributed by atoms with van der Waals surface area (Å²) in [4.78, 5) is 11.6. The number of rotatable bonds is 2. The molecule has 1 aromatic rings. The second-order valence-corrected chi connectivity index (χ2v) is 4.97. The Bertz CT molecular complexity index is 414. The van der Waals surface area contributed by atoms with Crippen molar-refractivity contribution < 1.29 is 4.79 Å². The molecule has 16 heavy (non-hydrogen) atoms. The molecular weight excluding hydrogens is 202 g/mol. The van der Waals surface area contributed by atoms with Crippen molar-refractivity contribution in [1.29, 1.82) is 0 Å². The fourth-order valence-electron chi connectivity index (χ4n) is 1.66. The van der Waals surface area contributed by atoms with Crippen LogP contribution in [0.3, 0.4) is 0 Å². The molecular formula is C12H17N3O. The van der Waals surface area contributed by atoms with Crippen molar-refractivity contribution in [3.63, 3.8) is 0 Å². The van der Waals surface area contributed by atoms with E-state index in [0.717, 1.165) is 12.1 Å². The lowest BCUT2D eigenvalue weighted by atomic mass is 10.2. The van der Waals surface area contributed by atoms with Gasteiger partial charge in [-0.15, -0.1) is 0 Å². The number of anilines is 2. The predicted molar refractivity (Wildman–Crippen MR) is 65.2 cm³/mol. The normalized spacial score (nSPS) is 21.2. The highest BCUT2D eigenvalue weighted by atomic mass is 16.2. The monoisotopic (exact) mass is 219 g/mol. The number of hydrogen-bond acceptors (Lipinski definition) is 2. The third kappa shape index (κ3) is 2.45. The Morgan fingerprint density at radius 1 is 1.50 bits per heavy atom. The predicted octanol–water partition coefficient (Wildman–Crippen LogP) is 2.19. The quantitative estimate of drug-likeness (QED) is 0.667. The summed E-state index contributed by atoms with van der Waals surface area (Å²) < 4.78 is 0. The van der Waals surface area contributed by atoms with Crippen LogP contribution in [0.25, 0.3) is 0 Å². The van der Waals surface area contributed by atoms with Crippen LogP contribution in [-0.4, -0.2) is 12.1 Å². The van der Waals surface area contributed by atoms with Gasteiger partial charge in [-0.05, 0) is 30.0 Å². The third-order valence-electron chi connectivity index (χ3n) is 2.96. The lowest BCUT2D eigenvalue weighted by Crippen LogP contribution is -2.32. The Labute approximate surface area is 95.2 Å². The summed E-state index contributed by atoms with van der Waals surface area (Å²) in [5, 5.41) is 5.68. The Balaban J connectivity index is 1.88. The van der Waals surface area contributed by atoms with E-state index in [1.54, 1.807) is 12.1 Å². The van der Waals surface area contributed by atoms with Crippen LogP contribution in [0.15, 0.2) is 24.3 Å². The van der Waals surface area contributed by atoms with Gasteiger partial charge in [0.05, 0.1) is 0 Å². The van der Waals surface area contributed by atoms with Crippen molar-refractivity contribution in [2.75, 3.05) is 11.1 Å². The molecule has 4 heteroatoms. The molecule has 86 valence electrons. The van der Waals surface area contributed by atoms with Crippen molar-refractivity contribution in [3.8, 4) is 0 Å². The van der Waals surface area contributed by atoms with Crippen molar-refractivity contribution in [1.82, 2.24) is 5.32 Å². The first-order valence-electron chi connectivity index (χ1n) is 5.40. The molecule has 1 aliphatic rings. The zero-order valence-corrected chi connectivity index (χ0v) is 9.58. The summed E-state index contributed by atoms with van der Waals surface area (Å²) in [6, 6.07) is 7.26. The maximum absolute atomic E-state index is 11.6. The van der Waals surface area contributed by atoms with Gasteiger partial charge in [0.25, 0.3) is 0 Å². The van der Waals surface area contributed by atoms with Crippen LogP contribution >= 0.6 is 0 Å². The van der Waals surface area contributed by atoms with E-state index in [1.165, 1.54) is 0 Å². The van der Waals surface area contributed by atoms with Gasteiger partial charge in [-0.3, -0.25) is 0 Å². The average Bonchev–Trinajstić information content (AvgIpc) is 2.72. The molecule has 1 aliphatic carbocycles. The average molecular weight is 219 g/mol. The van der Waals surface area contributed by atoms with Crippen LogP contribution in [0, 0.1) is 5.41 Å². The van der Waals surface area contributed by atoms with Crippen molar-refractivity contribution in [2.24, 2.45) is 5.41 Å².